The molecule has 6 rings (SSSR count). The van der Waals surface area contributed by atoms with Crippen LogP contribution in [-0.4, -0.2) is 34.1 Å². The third-order valence-electron chi connectivity index (χ3n) is 8.24. The number of benzene rings is 3. The first-order valence-electron chi connectivity index (χ1n) is 15.0. The summed E-state index contributed by atoms with van der Waals surface area (Å²) in [7, 11) is 0. The van der Waals surface area contributed by atoms with E-state index >= 15 is 4.39 Å². The van der Waals surface area contributed by atoms with Crippen LogP contribution >= 0.6 is 0 Å². The predicted octanol–water partition coefficient (Wildman–Crippen LogP) is 8.27. The van der Waals surface area contributed by atoms with Gasteiger partial charge < -0.3 is 5.32 Å². The highest BCUT2D eigenvalue weighted by Crippen LogP contribution is 2.35. The van der Waals surface area contributed by atoms with Crippen molar-refractivity contribution in [2.24, 2.45) is 0 Å². The van der Waals surface area contributed by atoms with Gasteiger partial charge in [0.2, 0.25) is 0 Å². The van der Waals surface area contributed by atoms with Gasteiger partial charge in [-0.15, -0.1) is 0 Å². The Morgan fingerprint density at radius 3 is 2.60 bits per heavy atom. The summed E-state index contributed by atoms with van der Waals surface area (Å²) in [6.07, 6.45) is 11.8. The summed E-state index contributed by atoms with van der Waals surface area (Å²) in [5.41, 5.74) is 6.62. The minimum atomic E-state index is -0.345. The lowest BCUT2D eigenvalue weighted by Crippen LogP contribution is -2.29. The Bertz CT molecular complexity index is 1760. The standard InChI is InChI=1S/C36H36F2N4O/c1-23(2)34-30(18-24(19-32(34)38)22-42-16-4-3-5-17-42)27-13-15-33-31(21-27)35(41-40-33)36(43)39-29-11-7-8-25(12-14-29)26-9-6-10-28(37)20-26/h6,8-15,18-21,23H,3-5,7,16-17,22H2,1-2H3,(H,39,43)(H,40,41). The second kappa shape index (κ2) is 12.5. The number of aromatic nitrogens is 2. The number of hydrogen-bond donors (Lipinski definition) is 2. The molecule has 1 fully saturated rings. The highest BCUT2D eigenvalue weighted by Gasteiger charge is 2.21. The predicted molar refractivity (Wildman–Crippen MR) is 168 cm³/mol. The SMILES string of the molecule is CC(C)c1c(F)cc(CN2CCCCC2)cc1-c1ccc2[nH]nc(C(=O)NC3=CCC=C(c4cccc(F)c4)C=C3)c2c1. The molecular formula is C36H36F2N4O. The zero-order chi connectivity index (χ0) is 29.9. The van der Waals surface area contributed by atoms with Gasteiger partial charge in [-0.3, -0.25) is 14.8 Å². The van der Waals surface area contributed by atoms with E-state index in [9.17, 15) is 9.18 Å². The molecule has 2 aliphatic rings. The van der Waals surface area contributed by atoms with Gasteiger partial charge in [0.25, 0.3) is 5.91 Å². The molecule has 0 spiro atoms. The van der Waals surface area contributed by atoms with Crippen molar-refractivity contribution in [1.82, 2.24) is 20.4 Å². The van der Waals surface area contributed by atoms with Crippen LogP contribution < -0.4 is 5.32 Å². The van der Waals surface area contributed by atoms with Gasteiger partial charge in [0.15, 0.2) is 5.69 Å². The van der Waals surface area contributed by atoms with Crippen LogP contribution in [0, 0.1) is 11.6 Å². The number of carbonyl (C=O) groups is 1. The summed E-state index contributed by atoms with van der Waals surface area (Å²) < 4.78 is 29.3. The molecule has 2 heterocycles. The van der Waals surface area contributed by atoms with Gasteiger partial charge in [0.1, 0.15) is 11.6 Å². The van der Waals surface area contributed by atoms with Crippen LogP contribution in [0.1, 0.15) is 72.6 Å². The second-order valence-electron chi connectivity index (χ2n) is 11.7. The summed E-state index contributed by atoms with van der Waals surface area (Å²) in [6.45, 7) is 6.81. The number of rotatable bonds is 7. The number of likely N-dealkylation sites (tertiary alicyclic amines) is 1. The number of carbonyl (C=O) groups excluding carboxylic acids is 1. The van der Waals surface area contributed by atoms with Crippen LogP contribution in [0.4, 0.5) is 8.78 Å². The maximum Gasteiger partial charge on any atom is 0.276 e. The van der Waals surface area contributed by atoms with Gasteiger partial charge in [-0.2, -0.15) is 5.10 Å². The van der Waals surface area contributed by atoms with E-state index in [4.69, 9.17) is 0 Å². The van der Waals surface area contributed by atoms with Crippen molar-refractivity contribution >= 4 is 22.4 Å². The number of hydrogen-bond acceptors (Lipinski definition) is 3. The van der Waals surface area contributed by atoms with Crippen LogP contribution in [0.15, 0.2) is 84.6 Å². The highest BCUT2D eigenvalue weighted by atomic mass is 19.1. The molecule has 5 nitrogen and oxygen atoms in total. The van der Waals surface area contributed by atoms with Gasteiger partial charge in [0, 0.05) is 17.6 Å². The van der Waals surface area contributed by atoms with E-state index in [0.717, 1.165) is 53.0 Å². The Morgan fingerprint density at radius 1 is 0.977 bits per heavy atom. The number of nitrogens with zero attached hydrogens (tertiary/aromatic N) is 2. The van der Waals surface area contributed by atoms with Crippen LogP contribution in [0.2, 0.25) is 0 Å². The molecule has 0 unspecified atom stereocenters. The number of nitrogens with one attached hydrogen (secondary N) is 2. The smallest absolute Gasteiger partial charge is 0.276 e. The molecule has 0 bridgehead atoms. The molecule has 1 aliphatic carbocycles. The minimum absolute atomic E-state index is 0.0123. The number of H-pyrrole nitrogens is 1. The van der Waals surface area contributed by atoms with Crippen molar-refractivity contribution in [3.05, 3.63) is 119 Å². The van der Waals surface area contributed by atoms with E-state index in [-0.39, 0.29) is 29.2 Å². The molecule has 220 valence electrons. The molecule has 2 N–H and O–H groups in total. The van der Waals surface area contributed by atoms with Gasteiger partial charge in [-0.05, 0) is 114 Å². The van der Waals surface area contributed by atoms with E-state index < -0.39 is 0 Å². The largest absolute Gasteiger partial charge is 0.321 e. The molecule has 4 aromatic rings. The number of fused-ring (bicyclic) bond motifs is 1. The third-order valence-corrected chi connectivity index (χ3v) is 8.24. The minimum Gasteiger partial charge on any atom is -0.321 e. The Hall–Kier alpha value is -4.36. The Morgan fingerprint density at radius 2 is 1.81 bits per heavy atom. The van der Waals surface area contributed by atoms with Crippen molar-refractivity contribution in [1.29, 1.82) is 0 Å². The molecule has 1 aromatic heterocycles. The first-order chi connectivity index (χ1) is 20.9. The zero-order valence-electron chi connectivity index (χ0n) is 24.6. The molecule has 3 aromatic carbocycles. The molecule has 1 saturated heterocycles. The van der Waals surface area contributed by atoms with Crippen molar-refractivity contribution in [2.45, 2.75) is 52.0 Å². The summed E-state index contributed by atoms with van der Waals surface area (Å²) in [5, 5.41) is 10.9. The summed E-state index contributed by atoms with van der Waals surface area (Å²) in [6, 6.07) is 16.0. The third kappa shape index (κ3) is 6.37. The van der Waals surface area contributed by atoms with E-state index in [1.165, 1.54) is 31.4 Å². The summed E-state index contributed by atoms with van der Waals surface area (Å²) in [5.74, 6) is -0.841. The van der Waals surface area contributed by atoms with Gasteiger partial charge in [-0.25, -0.2) is 8.78 Å². The number of amides is 1. The molecule has 0 atom stereocenters. The normalized spacial score (nSPS) is 15.8. The van der Waals surface area contributed by atoms with Crippen LogP contribution in [-0.2, 0) is 6.54 Å². The van der Waals surface area contributed by atoms with Crippen molar-refractivity contribution in [2.75, 3.05) is 13.1 Å². The summed E-state index contributed by atoms with van der Waals surface area (Å²) in [4.78, 5) is 15.8. The van der Waals surface area contributed by atoms with Crippen LogP contribution in [0.25, 0.3) is 27.6 Å². The zero-order valence-corrected chi connectivity index (χ0v) is 24.6. The number of allylic oxidation sites excluding steroid dienone is 5. The molecule has 0 radical (unpaired) electrons. The number of piperidine rings is 1. The Balaban J connectivity index is 1.27. The van der Waals surface area contributed by atoms with Gasteiger partial charge in [0.05, 0.1) is 5.52 Å². The fraction of sp³-hybridized carbons (Fsp3) is 0.278. The quantitative estimate of drug-likeness (QED) is 0.232. The van der Waals surface area contributed by atoms with Crippen molar-refractivity contribution in [3.8, 4) is 11.1 Å². The second-order valence-corrected chi connectivity index (χ2v) is 11.7. The first-order valence-corrected chi connectivity index (χ1v) is 15.0. The summed E-state index contributed by atoms with van der Waals surface area (Å²) >= 11 is 0. The average molecular weight is 579 g/mol. The molecule has 0 saturated carbocycles. The topological polar surface area (TPSA) is 61.0 Å². The van der Waals surface area contributed by atoms with Gasteiger partial charge >= 0.3 is 0 Å². The lowest BCUT2D eigenvalue weighted by atomic mass is 9.89. The number of halogens is 2. The maximum atomic E-state index is 15.6. The van der Waals surface area contributed by atoms with Crippen LogP contribution in [0.3, 0.4) is 0 Å². The van der Waals surface area contributed by atoms with Crippen molar-refractivity contribution in [3.63, 3.8) is 0 Å². The lowest BCUT2D eigenvalue weighted by Gasteiger charge is -2.27. The highest BCUT2D eigenvalue weighted by molar-refractivity contribution is 6.06. The molecule has 43 heavy (non-hydrogen) atoms. The molecular weight excluding hydrogens is 542 g/mol. The monoisotopic (exact) mass is 578 g/mol. The van der Waals surface area contributed by atoms with E-state index in [0.29, 0.717) is 23.1 Å². The van der Waals surface area contributed by atoms with E-state index in [1.807, 2.05) is 62.4 Å². The van der Waals surface area contributed by atoms with Crippen molar-refractivity contribution < 1.29 is 13.6 Å². The van der Waals surface area contributed by atoms with E-state index in [1.54, 1.807) is 12.1 Å². The average Bonchev–Trinajstić information content (AvgIpc) is 3.28. The first kappa shape index (κ1) is 28.7. The fourth-order valence-electron chi connectivity index (χ4n) is 6.11. The Kier molecular flexibility index (Phi) is 8.34. The molecule has 1 amide bonds. The fourth-order valence-corrected chi connectivity index (χ4v) is 6.11. The lowest BCUT2D eigenvalue weighted by molar-refractivity contribution is 0.0963. The Labute approximate surface area is 251 Å². The molecule has 7 heteroatoms. The molecule has 1 aliphatic heterocycles. The van der Waals surface area contributed by atoms with Gasteiger partial charge in [-0.1, -0.05) is 56.7 Å². The number of aromatic amines is 1. The van der Waals surface area contributed by atoms with E-state index in [2.05, 4.69) is 26.5 Å². The van der Waals surface area contributed by atoms with Crippen LogP contribution in [0.5, 0.6) is 0 Å². The maximum absolute atomic E-state index is 15.6.